The van der Waals surface area contributed by atoms with E-state index in [1.165, 1.54) is 11.8 Å². The summed E-state index contributed by atoms with van der Waals surface area (Å²) < 4.78 is 36.3. The highest BCUT2D eigenvalue weighted by Gasteiger charge is 2.56. The molecular weight excluding hydrogens is 524 g/mol. The van der Waals surface area contributed by atoms with E-state index in [1.807, 2.05) is 37.3 Å². The zero-order valence-corrected chi connectivity index (χ0v) is 23.4. The summed E-state index contributed by atoms with van der Waals surface area (Å²) in [5.74, 6) is -1.48. The van der Waals surface area contributed by atoms with Crippen LogP contribution in [0.3, 0.4) is 0 Å². The van der Waals surface area contributed by atoms with Crippen LogP contribution in [0.25, 0.3) is 0 Å². The van der Waals surface area contributed by atoms with Crippen molar-refractivity contribution in [2.75, 3.05) is 0 Å². The first-order valence-electron chi connectivity index (χ1n) is 13.2. The summed E-state index contributed by atoms with van der Waals surface area (Å²) in [7, 11) is 0. The number of benzene rings is 2. The van der Waals surface area contributed by atoms with Gasteiger partial charge in [0.15, 0.2) is 24.5 Å². The molecule has 9 nitrogen and oxygen atoms in total. The van der Waals surface area contributed by atoms with Gasteiger partial charge in [-0.1, -0.05) is 35.9 Å². The first-order chi connectivity index (χ1) is 18.5. The molecule has 2 aromatic rings. The molecule has 0 unspecified atom stereocenters. The Balaban J connectivity index is 1.39. The summed E-state index contributed by atoms with van der Waals surface area (Å²) in [4.78, 5) is 13.8. The zero-order chi connectivity index (χ0) is 27.9. The van der Waals surface area contributed by atoms with Gasteiger partial charge in [0.25, 0.3) is 0 Å². The first-order valence-corrected chi connectivity index (χ1v) is 14.1. The van der Waals surface area contributed by atoms with Crippen LogP contribution in [-0.4, -0.2) is 82.5 Å². The molecule has 3 saturated heterocycles. The number of carbonyl (C=O) groups is 1. The van der Waals surface area contributed by atoms with Gasteiger partial charge in [-0.3, -0.25) is 0 Å². The average Bonchev–Trinajstić information content (AvgIpc) is 3.23. The fourth-order valence-electron chi connectivity index (χ4n) is 5.21. The summed E-state index contributed by atoms with van der Waals surface area (Å²) in [6.45, 7) is 9.06. The lowest BCUT2D eigenvalue weighted by Crippen LogP contribution is -2.62. The van der Waals surface area contributed by atoms with Crippen molar-refractivity contribution < 1.29 is 43.4 Å². The Kier molecular flexibility index (Phi) is 8.38. The van der Waals surface area contributed by atoms with Crippen molar-refractivity contribution >= 4 is 17.7 Å². The van der Waals surface area contributed by atoms with E-state index in [0.717, 1.165) is 10.5 Å². The van der Waals surface area contributed by atoms with Gasteiger partial charge >= 0.3 is 5.97 Å². The maximum Gasteiger partial charge on any atom is 0.338 e. The molecule has 10 heteroatoms. The van der Waals surface area contributed by atoms with Crippen molar-refractivity contribution in [3.05, 3.63) is 65.7 Å². The smallest absolute Gasteiger partial charge is 0.338 e. The molecule has 0 radical (unpaired) electrons. The zero-order valence-electron chi connectivity index (χ0n) is 22.6. The molecular formula is C29H36O9S. The van der Waals surface area contributed by atoms with Gasteiger partial charge in [0.05, 0.1) is 23.0 Å². The molecule has 5 rings (SSSR count). The number of aryl methyl sites for hydroxylation is 1. The van der Waals surface area contributed by atoms with Crippen molar-refractivity contribution in [3.8, 4) is 0 Å². The molecule has 0 aliphatic carbocycles. The average molecular weight is 561 g/mol. The number of thioether (sulfide) groups is 1. The van der Waals surface area contributed by atoms with Crippen molar-refractivity contribution in [2.24, 2.45) is 0 Å². The van der Waals surface area contributed by atoms with Crippen molar-refractivity contribution in [1.29, 1.82) is 0 Å². The number of hydrogen-bond acceptors (Lipinski definition) is 10. The maximum atomic E-state index is 12.9. The second-order valence-corrected chi connectivity index (χ2v) is 12.0. The van der Waals surface area contributed by atoms with Crippen LogP contribution >= 0.6 is 11.8 Å². The molecule has 212 valence electrons. The quantitative estimate of drug-likeness (QED) is 0.510. The molecule has 3 fully saturated rings. The van der Waals surface area contributed by atoms with E-state index in [1.54, 1.807) is 52.0 Å². The van der Waals surface area contributed by atoms with Gasteiger partial charge in [0.1, 0.15) is 24.4 Å². The van der Waals surface area contributed by atoms with Gasteiger partial charge in [-0.05, 0) is 58.9 Å². The monoisotopic (exact) mass is 560 g/mol. The second kappa shape index (κ2) is 11.5. The number of aliphatic hydroxyl groups excluding tert-OH is 2. The maximum absolute atomic E-state index is 12.9. The summed E-state index contributed by atoms with van der Waals surface area (Å²) >= 11 is 1.38. The number of ether oxygens (including phenoxy) is 6. The third-order valence-electron chi connectivity index (χ3n) is 7.18. The SMILES string of the molecule is Cc1ccc(S[C@H]2[C@H](O[C@@H]3[C@H]4OC(C)(C)O[C@H]4[C@H](O)O[C@H]3C)O[C@H](C)[C@@H](OC(=O)c3ccccc3)[C@@H]2O)cc1. The van der Waals surface area contributed by atoms with E-state index >= 15 is 0 Å². The fourth-order valence-corrected chi connectivity index (χ4v) is 6.35. The molecule has 2 aromatic carbocycles. The number of esters is 1. The Bertz CT molecular complexity index is 1130. The fraction of sp³-hybridized carbons (Fsp3) is 0.552. The lowest BCUT2D eigenvalue weighted by Gasteiger charge is -2.46. The first kappa shape index (κ1) is 28.5. The summed E-state index contributed by atoms with van der Waals surface area (Å²) in [5, 5.41) is 21.4. The Labute approximate surface area is 232 Å². The standard InChI is InChI=1S/C29H36O9S/c1-15-11-13-19(14-12-15)39-25-20(30)21(35-26(31)18-9-7-6-8-10-18)16(2)34-28(25)36-22-17(3)33-27(32)24-23(22)37-29(4,5)38-24/h6-14,16-17,20-25,27-28,30,32H,1-5H3/t16-,17+,20+,21-,22+,23-,24-,25-,27-,28+/m1/s1. The number of aliphatic hydroxyl groups is 2. The topological polar surface area (TPSA) is 113 Å². The van der Waals surface area contributed by atoms with E-state index in [-0.39, 0.29) is 0 Å². The van der Waals surface area contributed by atoms with Gasteiger partial charge in [-0.15, -0.1) is 11.8 Å². The predicted molar refractivity (Wildman–Crippen MR) is 142 cm³/mol. The third kappa shape index (κ3) is 6.18. The Hall–Kier alpha value is -2.02. The minimum absolute atomic E-state index is 0.386. The van der Waals surface area contributed by atoms with Crippen molar-refractivity contribution in [1.82, 2.24) is 0 Å². The van der Waals surface area contributed by atoms with Gasteiger partial charge in [-0.2, -0.15) is 0 Å². The van der Waals surface area contributed by atoms with E-state index in [2.05, 4.69) is 0 Å². The second-order valence-electron chi connectivity index (χ2n) is 10.7. The lowest BCUT2D eigenvalue weighted by atomic mass is 9.98. The van der Waals surface area contributed by atoms with Gasteiger partial charge in [0, 0.05) is 4.90 Å². The number of fused-ring (bicyclic) bond motifs is 1. The van der Waals surface area contributed by atoms with Crippen molar-refractivity contribution in [3.63, 3.8) is 0 Å². The van der Waals surface area contributed by atoms with Crippen LogP contribution < -0.4 is 0 Å². The summed E-state index contributed by atoms with van der Waals surface area (Å²) in [5.41, 5.74) is 1.49. The van der Waals surface area contributed by atoms with Crippen LogP contribution in [0.5, 0.6) is 0 Å². The number of rotatable bonds is 6. The highest BCUT2D eigenvalue weighted by Crippen LogP contribution is 2.42. The third-order valence-corrected chi connectivity index (χ3v) is 8.49. The van der Waals surface area contributed by atoms with Crippen LogP contribution in [-0.2, 0) is 28.4 Å². The Morgan fingerprint density at radius 2 is 1.54 bits per heavy atom. The molecule has 0 saturated carbocycles. The highest BCUT2D eigenvalue weighted by atomic mass is 32.2. The molecule has 2 N–H and O–H groups in total. The van der Waals surface area contributed by atoms with Gasteiger partial charge in [0.2, 0.25) is 0 Å². The molecule has 0 spiro atoms. The minimum atomic E-state index is -1.16. The molecule has 39 heavy (non-hydrogen) atoms. The molecule has 0 aromatic heterocycles. The summed E-state index contributed by atoms with van der Waals surface area (Å²) in [6, 6.07) is 16.5. The van der Waals surface area contributed by atoms with Crippen LogP contribution in [0.1, 0.15) is 43.6 Å². The normalized spacial score (nSPS) is 37.7. The highest BCUT2D eigenvalue weighted by molar-refractivity contribution is 8.00. The van der Waals surface area contributed by atoms with E-state index in [4.69, 9.17) is 28.4 Å². The minimum Gasteiger partial charge on any atom is -0.453 e. The molecule has 3 aliphatic heterocycles. The molecule has 0 amide bonds. The van der Waals surface area contributed by atoms with Crippen LogP contribution in [0.15, 0.2) is 59.5 Å². The van der Waals surface area contributed by atoms with Crippen molar-refractivity contribution in [2.45, 2.75) is 106 Å². The summed E-state index contributed by atoms with van der Waals surface area (Å²) in [6.07, 6.45) is -7.36. The van der Waals surface area contributed by atoms with Gasteiger partial charge in [-0.25, -0.2) is 4.79 Å². The number of carbonyl (C=O) groups excluding carboxylic acids is 1. The van der Waals surface area contributed by atoms with Crippen LogP contribution in [0, 0.1) is 6.92 Å². The molecule has 10 atom stereocenters. The van der Waals surface area contributed by atoms with E-state index in [9.17, 15) is 15.0 Å². The van der Waals surface area contributed by atoms with E-state index < -0.39 is 72.3 Å². The Morgan fingerprint density at radius 3 is 2.23 bits per heavy atom. The largest absolute Gasteiger partial charge is 0.453 e. The molecule has 3 aliphatic rings. The lowest BCUT2D eigenvalue weighted by molar-refractivity contribution is -0.311. The molecule has 0 bridgehead atoms. The van der Waals surface area contributed by atoms with Crippen LogP contribution in [0.4, 0.5) is 0 Å². The Morgan fingerprint density at radius 1 is 0.897 bits per heavy atom. The molecule has 3 heterocycles. The van der Waals surface area contributed by atoms with E-state index in [0.29, 0.717) is 5.56 Å². The predicted octanol–water partition coefficient (Wildman–Crippen LogP) is 3.43. The number of hydrogen-bond donors (Lipinski definition) is 2. The van der Waals surface area contributed by atoms with Crippen LogP contribution in [0.2, 0.25) is 0 Å². The van der Waals surface area contributed by atoms with Gasteiger partial charge < -0.3 is 38.6 Å².